The van der Waals surface area contributed by atoms with E-state index in [1.165, 1.54) is 12.1 Å². The van der Waals surface area contributed by atoms with Gasteiger partial charge < -0.3 is 5.32 Å². The van der Waals surface area contributed by atoms with Crippen LogP contribution in [0.5, 0.6) is 0 Å². The molecule has 2 heterocycles. The van der Waals surface area contributed by atoms with Crippen LogP contribution in [0.2, 0.25) is 5.02 Å². The highest BCUT2D eigenvalue weighted by Gasteiger charge is 2.57. The average Bonchev–Trinajstić information content (AvgIpc) is 3.14. The third kappa shape index (κ3) is 4.28. The van der Waals surface area contributed by atoms with Crippen molar-refractivity contribution in [1.82, 2.24) is 15.8 Å². The van der Waals surface area contributed by atoms with Gasteiger partial charge in [0.15, 0.2) is 0 Å². The molecule has 0 aromatic heterocycles. The van der Waals surface area contributed by atoms with Crippen LogP contribution in [-0.2, 0) is 11.0 Å². The van der Waals surface area contributed by atoms with Crippen LogP contribution in [0.1, 0.15) is 22.6 Å². The summed E-state index contributed by atoms with van der Waals surface area (Å²) in [6, 6.07) is 4.92. The quantitative estimate of drug-likeness (QED) is 0.361. The van der Waals surface area contributed by atoms with E-state index in [2.05, 4.69) is 5.32 Å². The monoisotopic (exact) mass is 506 g/mol. The number of carbonyl (C=O) groups is 1. The predicted molar refractivity (Wildman–Crippen MR) is 107 cm³/mol. The molecule has 0 saturated carbocycles. The van der Waals surface area contributed by atoms with Gasteiger partial charge in [-0.3, -0.25) is 19.9 Å². The van der Waals surface area contributed by atoms with Crippen molar-refractivity contribution in [2.45, 2.75) is 30.5 Å². The van der Waals surface area contributed by atoms with Gasteiger partial charge in [-0.1, -0.05) is 17.7 Å². The van der Waals surface area contributed by atoms with Crippen molar-refractivity contribution < 1.29 is 36.1 Å². The van der Waals surface area contributed by atoms with Crippen LogP contribution >= 0.6 is 11.6 Å². The molecular formula is C20H13ClF6N4O3. The Balaban J connectivity index is 1.76. The number of nitrogens with zero attached hydrogens (tertiary/aromatic N) is 2. The molecule has 2 N–H and O–H groups in total. The molecule has 34 heavy (non-hydrogen) atoms. The van der Waals surface area contributed by atoms with E-state index in [1.807, 2.05) is 5.43 Å². The van der Waals surface area contributed by atoms with Crippen LogP contribution in [0.15, 0.2) is 48.5 Å². The summed E-state index contributed by atoms with van der Waals surface area (Å²) in [5, 5.41) is 13.6. The van der Waals surface area contributed by atoms with Gasteiger partial charge in [-0.25, -0.2) is 5.43 Å². The topological polar surface area (TPSA) is 87.5 Å². The number of amides is 1. The summed E-state index contributed by atoms with van der Waals surface area (Å²) >= 11 is 5.62. The number of fused-ring (bicyclic) bond motifs is 1. The van der Waals surface area contributed by atoms with Gasteiger partial charge in [0, 0.05) is 23.9 Å². The molecule has 14 heteroatoms. The molecule has 1 fully saturated rings. The van der Waals surface area contributed by atoms with Crippen LogP contribution in [-0.4, -0.2) is 34.2 Å². The van der Waals surface area contributed by atoms with E-state index >= 15 is 0 Å². The third-order valence-electron chi connectivity index (χ3n) is 5.49. The maximum absolute atomic E-state index is 13.9. The van der Waals surface area contributed by atoms with Gasteiger partial charge in [0.05, 0.1) is 21.4 Å². The minimum Gasteiger partial charge on any atom is -0.363 e. The molecule has 0 spiro atoms. The van der Waals surface area contributed by atoms with Crippen molar-refractivity contribution in [3.05, 3.63) is 80.4 Å². The van der Waals surface area contributed by atoms with Crippen LogP contribution < -0.4 is 10.7 Å². The standard InChI is InChI=1S/C20H13ClF6N4O3/c21-13-6-3-10(7-12(13)19(22,23)24)16-17(20(25,26)27)29-30-15(32)8-14(28-18(16)30)9-1-4-11(5-2-9)31(33)34/h1-8,16-18,28-29H. The molecule has 0 aliphatic carbocycles. The van der Waals surface area contributed by atoms with E-state index in [0.717, 1.165) is 30.3 Å². The Labute approximate surface area is 192 Å². The fourth-order valence-corrected chi connectivity index (χ4v) is 4.18. The van der Waals surface area contributed by atoms with Crippen LogP contribution in [0, 0.1) is 10.1 Å². The fourth-order valence-electron chi connectivity index (χ4n) is 3.95. The summed E-state index contributed by atoms with van der Waals surface area (Å²) in [6.07, 6.45) is -10.3. The van der Waals surface area contributed by atoms with Crippen molar-refractivity contribution in [2.24, 2.45) is 0 Å². The summed E-state index contributed by atoms with van der Waals surface area (Å²) in [5.74, 6) is -2.55. The normalized spacial score (nSPS) is 22.8. The van der Waals surface area contributed by atoms with Gasteiger partial charge >= 0.3 is 12.4 Å². The second-order valence-corrected chi connectivity index (χ2v) is 7.98. The lowest BCUT2D eigenvalue weighted by molar-refractivity contribution is -0.384. The highest BCUT2D eigenvalue weighted by molar-refractivity contribution is 6.31. The Morgan fingerprint density at radius 1 is 1.03 bits per heavy atom. The molecule has 3 atom stereocenters. The van der Waals surface area contributed by atoms with Crippen LogP contribution in [0.25, 0.3) is 5.70 Å². The minimum atomic E-state index is -4.92. The maximum Gasteiger partial charge on any atom is 0.417 e. The third-order valence-corrected chi connectivity index (χ3v) is 5.82. The van der Waals surface area contributed by atoms with Crippen molar-refractivity contribution in [1.29, 1.82) is 0 Å². The van der Waals surface area contributed by atoms with Gasteiger partial charge in [0.2, 0.25) is 0 Å². The predicted octanol–water partition coefficient (Wildman–Crippen LogP) is 4.60. The van der Waals surface area contributed by atoms with Gasteiger partial charge in [-0.2, -0.15) is 26.3 Å². The number of nitro groups is 1. The number of non-ortho nitro benzene ring substituents is 1. The first-order chi connectivity index (χ1) is 15.8. The fraction of sp³-hybridized carbons (Fsp3) is 0.250. The molecule has 7 nitrogen and oxygen atoms in total. The van der Waals surface area contributed by atoms with Gasteiger partial charge in [-0.15, -0.1) is 0 Å². The SMILES string of the molecule is O=C1C=C(c2ccc([N+](=O)[O-])cc2)NC2C(c3ccc(Cl)c(C(F)(F)F)c3)C(C(F)(F)F)NN12. The molecule has 2 aliphatic rings. The number of hydrogen-bond acceptors (Lipinski definition) is 5. The van der Waals surface area contributed by atoms with Crippen molar-refractivity contribution in [2.75, 3.05) is 0 Å². The number of nitrogens with one attached hydrogen (secondary N) is 2. The summed E-state index contributed by atoms with van der Waals surface area (Å²) in [5.41, 5.74) is 0.475. The Kier molecular flexibility index (Phi) is 5.72. The molecule has 1 saturated heterocycles. The summed E-state index contributed by atoms with van der Waals surface area (Å²) in [4.78, 5) is 22.8. The number of hydrazine groups is 1. The number of rotatable bonds is 3. The van der Waals surface area contributed by atoms with E-state index in [1.54, 1.807) is 0 Å². The molecule has 180 valence electrons. The maximum atomic E-state index is 13.9. The lowest BCUT2D eigenvalue weighted by Crippen LogP contribution is -2.53. The Bertz CT molecular complexity index is 1180. The number of halogens is 7. The average molecular weight is 507 g/mol. The Morgan fingerprint density at radius 3 is 2.24 bits per heavy atom. The second kappa shape index (κ2) is 8.17. The summed E-state index contributed by atoms with van der Waals surface area (Å²) in [7, 11) is 0. The zero-order valence-corrected chi connectivity index (χ0v) is 17.4. The number of carbonyl (C=O) groups excluding carboxylic acids is 1. The number of hydrogen-bond donors (Lipinski definition) is 2. The molecule has 1 amide bonds. The first-order valence-corrected chi connectivity index (χ1v) is 9.91. The van der Waals surface area contributed by atoms with Crippen molar-refractivity contribution in [3.8, 4) is 0 Å². The van der Waals surface area contributed by atoms with E-state index in [4.69, 9.17) is 11.6 Å². The lowest BCUT2D eigenvalue weighted by Gasteiger charge is -2.33. The first kappa shape index (κ1) is 23.8. The second-order valence-electron chi connectivity index (χ2n) is 7.57. The number of benzene rings is 2. The highest BCUT2D eigenvalue weighted by Crippen LogP contribution is 2.44. The molecule has 3 unspecified atom stereocenters. The number of alkyl halides is 6. The first-order valence-electron chi connectivity index (χ1n) is 9.53. The number of nitro benzene ring substituents is 1. The summed E-state index contributed by atoms with van der Waals surface area (Å²) < 4.78 is 81.6. The summed E-state index contributed by atoms with van der Waals surface area (Å²) in [6.45, 7) is 0. The largest absolute Gasteiger partial charge is 0.417 e. The van der Waals surface area contributed by atoms with Gasteiger partial charge in [0.1, 0.15) is 12.2 Å². The van der Waals surface area contributed by atoms with Crippen molar-refractivity contribution >= 4 is 28.9 Å². The van der Waals surface area contributed by atoms with Crippen LogP contribution in [0.3, 0.4) is 0 Å². The van der Waals surface area contributed by atoms with E-state index < -0.39 is 51.9 Å². The molecule has 2 aromatic carbocycles. The molecule has 4 rings (SSSR count). The molecular weight excluding hydrogens is 494 g/mol. The Hall–Kier alpha value is -3.32. The molecule has 0 radical (unpaired) electrons. The van der Waals surface area contributed by atoms with Crippen LogP contribution in [0.4, 0.5) is 32.0 Å². The van der Waals surface area contributed by atoms with E-state index in [-0.39, 0.29) is 22.5 Å². The highest BCUT2D eigenvalue weighted by atomic mass is 35.5. The zero-order valence-electron chi connectivity index (χ0n) is 16.6. The van der Waals surface area contributed by atoms with Crippen molar-refractivity contribution in [3.63, 3.8) is 0 Å². The zero-order chi connectivity index (χ0) is 25.0. The smallest absolute Gasteiger partial charge is 0.363 e. The molecule has 2 aromatic rings. The van der Waals surface area contributed by atoms with Gasteiger partial charge in [0.25, 0.3) is 11.6 Å². The van der Waals surface area contributed by atoms with E-state index in [0.29, 0.717) is 11.1 Å². The molecule has 0 bridgehead atoms. The van der Waals surface area contributed by atoms with E-state index in [9.17, 15) is 41.3 Å². The molecule has 2 aliphatic heterocycles. The van der Waals surface area contributed by atoms with Gasteiger partial charge in [-0.05, 0) is 35.4 Å². The minimum absolute atomic E-state index is 0.0563. The Morgan fingerprint density at radius 2 is 1.68 bits per heavy atom. The lowest BCUT2D eigenvalue weighted by atomic mass is 9.88.